The van der Waals surface area contributed by atoms with Crippen LogP contribution in [0.25, 0.3) is 0 Å². The zero-order valence-corrected chi connectivity index (χ0v) is 5.70. The lowest BCUT2D eigenvalue weighted by Crippen LogP contribution is -2.39. The molecule has 2 nitrogen and oxygen atoms in total. The van der Waals surface area contributed by atoms with Gasteiger partial charge in [0.1, 0.15) is 0 Å². The third-order valence-electron chi connectivity index (χ3n) is 0.816. The molecule has 0 heterocycles. The first-order valence-electron chi connectivity index (χ1n) is 2.78. The SMILES string of the molecule is CC(F)(F)C(=O)NCC(F)F. The first-order valence-corrected chi connectivity index (χ1v) is 2.78. The van der Waals surface area contributed by atoms with Crippen molar-refractivity contribution in [3.8, 4) is 0 Å². The van der Waals surface area contributed by atoms with Crippen molar-refractivity contribution in [3.05, 3.63) is 0 Å². The summed E-state index contributed by atoms with van der Waals surface area (Å²) < 4.78 is 46.5. The minimum absolute atomic E-state index is 0.341. The standard InChI is InChI=1S/C5H7F4NO/c1-5(8,9)4(11)10-2-3(6)7/h3H,2H2,1H3,(H,10,11). The van der Waals surface area contributed by atoms with Crippen LogP contribution in [0, 0.1) is 0 Å². The van der Waals surface area contributed by atoms with Crippen LogP contribution in [-0.2, 0) is 4.79 Å². The first-order chi connectivity index (χ1) is 4.84. The van der Waals surface area contributed by atoms with Crippen molar-refractivity contribution >= 4 is 5.91 Å². The average Bonchev–Trinajstić information content (AvgIpc) is 1.80. The van der Waals surface area contributed by atoms with Crippen molar-refractivity contribution in [2.45, 2.75) is 19.3 Å². The fourth-order valence-corrected chi connectivity index (χ4v) is 0.325. The third kappa shape index (κ3) is 4.58. The summed E-state index contributed by atoms with van der Waals surface area (Å²) in [4.78, 5) is 10.2. The fraction of sp³-hybridized carbons (Fsp3) is 0.800. The molecule has 0 aromatic heterocycles. The zero-order chi connectivity index (χ0) is 9.07. The van der Waals surface area contributed by atoms with E-state index in [2.05, 4.69) is 0 Å². The number of carbonyl (C=O) groups is 1. The van der Waals surface area contributed by atoms with Gasteiger partial charge < -0.3 is 5.32 Å². The molecular formula is C5H7F4NO. The maximum atomic E-state index is 11.9. The summed E-state index contributed by atoms with van der Waals surface area (Å²) in [5.41, 5.74) is 0. The van der Waals surface area contributed by atoms with Gasteiger partial charge in [-0.25, -0.2) is 8.78 Å². The van der Waals surface area contributed by atoms with E-state index >= 15 is 0 Å². The van der Waals surface area contributed by atoms with Crippen LogP contribution in [0.1, 0.15) is 6.92 Å². The van der Waals surface area contributed by atoms with E-state index in [1.165, 1.54) is 5.32 Å². The van der Waals surface area contributed by atoms with Crippen LogP contribution in [0.4, 0.5) is 17.6 Å². The molecule has 0 rings (SSSR count). The lowest BCUT2D eigenvalue weighted by molar-refractivity contribution is -0.143. The highest BCUT2D eigenvalue weighted by atomic mass is 19.3. The van der Waals surface area contributed by atoms with Gasteiger partial charge in [-0.3, -0.25) is 4.79 Å². The predicted octanol–water partition coefficient (Wildman–Crippen LogP) is 1.02. The molecule has 0 saturated carbocycles. The fourth-order valence-electron chi connectivity index (χ4n) is 0.325. The number of halogens is 4. The molecule has 0 aliphatic heterocycles. The Hall–Kier alpha value is -0.810. The Labute approximate surface area is 60.6 Å². The number of hydrogen-bond donors (Lipinski definition) is 1. The Morgan fingerprint density at radius 3 is 2.27 bits per heavy atom. The number of hydrogen-bond acceptors (Lipinski definition) is 1. The number of nitrogens with one attached hydrogen (secondary N) is 1. The minimum atomic E-state index is -3.59. The molecule has 0 unspecified atom stereocenters. The van der Waals surface area contributed by atoms with Crippen molar-refractivity contribution in [1.82, 2.24) is 5.32 Å². The maximum Gasteiger partial charge on any atom is 0.321 e. The van der Waals surface area contributed by atoms with Crippen LogP contribution in [0.5, 0.6) is 0 Å². The number of rotatable bonds is 3. The molecule has 11 heavy (non-hydrogen) atoms. The second-order valence-electron chi connectivity index (χ2n) is 1.99. The second-order valence-corrected chi connectivity index (χ2v) is 1.99. The highest BCUT2D eigenvalue weighted by Crippen LogP contribution is 2.10. The Kier molecular flexibility index (Phi) is 3.28. The molecule has 0 fully saturated rings. The summed E-state index contributed by atoms with van der Waals surface area (Å²) >= 11 is 0. The van der Waals surface area contributed by atoms with E-state index in [0.717, 1.165) is 0 Å². The van der Waals surface area contributed by atoms with Crippen LogP contribution < -0.4 is 5.32 Å². The number of amides is 1. The maximum absolute atomic E-state index is 11.9. The van der Waals surface area contributed by atoms with E-state index in [4.69, 9.17) is 0 Å². The van der Waals surface area contributed by atoms with Gasteiger partial charge in [0, 0.05) is 6.92 Å². The van der Waals surface area contributed by atoms with Crippen molar-refractivity contribution in [2.75, 3.05) is 6.54 Å². The predicted molar refractivity (Wildman–Crippen MR) is 29.6 cm³/mol. The van der Waals surface area contributed by atoms with Gasteiger partial charge in [0.05, 0.1) is 6.54 Å². The average molecular weight is 173 g/mol. The molecule has 1 amide bonds. The summed E-state index contributed by atoms with van der Waals surface area (Å²) in [6.45, 7) is -0.698. The minimum Gasteiger partial charge on any atom is -0.345 e. The van der Waals surface area contributed by atoms with E-state index in [1.54, 1.807) is 0 Å². The highest BCUT2D eigenvalue weighted by molar-refractivity contribution is 5.82. The lowest BCUT2D eigenvalue weighted by Gasteiger charge is -2.09. The van der Waals surface area contributed by atoms with Gasteiger partial charge >= 0.3 is 5.92 Å². The van der Waals surface area contributed by atoms with E-state index < -0.39 is 24.8 Å². The summed E-state index contributed by atoms with van der Waals surface area (Å²) in [6.07, 6.45) is -2.80. The Balaban J connectivity index is 3.71. The van der Waals surface area contributed by atoms with Crippen LogP contribution in [-0.4, -0.2) is 24.8 Å². The zero-order valence-electron chi connectivity index (χ0n) is 5.70. The summed E-state index contributed by atoms with van der Waals surface area (Å²) in [6, 6.07) is 0. The molecule has 0 spiro atoms. The summed E-state index contributed by atoms with van der Waals surface area (Å²) in [5.74, 6) is -5.27. The Morgan fingerprint density at radius 2 is 2.00 bits per heavy atom. The van der Waals surface area contributed by atoms with Crippen molar-refractivity contribution in [2.24, 2.45) is 0 Å². The quantitative estimate of drug-likeness (QED) is 0.634. The topological polar surface area (TPSA) is 29.1 Å². The second kappa shape index (κ2) is 3.54. The Bertz CT molecular complexity index is 142. The molecule has 6 heteroatoms. The van der Waals surface area contributed by atoms with Gasteiger partial charge in [-0.05, 0) is 0 Å². The molecule has 0 aromatic rings. The third-order valence-corrected chi connectivity index (χ3v) is 0.816. The molecule has 0 aliphatic carbocycles. The molecule has 0 bridgehead atoms. The van der Waals surface area contributed by atoms with Crippen molar-refractivity contribution in [1.29, 1.82) is 0 Å². The van der Waals surface area contributed by atoms with E-state index in [-0.39, 0.29) is 0 Å². The lowest BCUT2D eigenvalue weighted by atomic mass is 10.3. The largest absolute Gasteiger partial charge is 0.345 e. The normalized spacial score (nSPS) is 11.8. The molecule has 0 aliphatic rings. The summed E-state index contributed by atoms with van der Waals surface area (Å²) in [5, 5.41) is 1.38. The van der Waals surface area contributed by atoms with Gasteiger partial charge in [-0.15, -0.1) is 0 Å². The van der Waals surface area contributed by atoms with Crippen LogP contribution in [0.15, 0.2) is 0 Å². The summed E-state index contributed by atoms with van der Waals surface area (Å²) in [7, 11) is 0. The number of alkyl halides is 4. The molecule has 1 N–H and O–H groups in total. The number of carbonyl (C=O) groups excluding carboxylic acids is 1. The molecular weight excluding hydrogens is 166 g/mol. The van der Waals surface area contributed by atoms with E-state index in [0.29, 0.717) is 6.92 Å². The Morgan fingerprint density at radius 1 is 1.55 bits per heavy atom. The van der Waals surface area contributed by atoms with Gasteiger partial charge in [0.15, 0.2) is 0 Å². The molecule has 0 radical (unpaired) electrons. The van der Waals surface area contributed by atoms with E-state index in [1.807, 2.05) is 0 Å². The van der Waals surface area contributed by atoms with E-state index in [9.17, 15) is 22.4 Å². The monoisotopic (exact) mass is 173 g/mol. The molecule has 0 saturated heterocycles. The molecule has 66 valence electrons. The van der Waals surface area contributed by atoms with Gasteiger partial charge in [-0.1, -0.05) is 0 Å². The van der Waals surface area contributed by atoms with Crippen molar-refractivity contribution < 1.29 is 22.4 Å². The smallest absolute Gasteiger partial charge is 0.321 e. The van der Waals surface area contributed by atoms with Crippen LogP contribution in [0.2, 0.25) is 0 Å². The molecule has 0 atom stereocenters. The highest BCUT2D eigenvalue weighted by Gasteiger charge is 2.32. The van der Waals surface area contributed by atoms with Crippen molar-refractivity contribution in [3.63, 3.8) is 0 Å². The van der Waals surface area contributed by atoms with Gasteiger partial charge in [0.25, 0.3) is 12.3 Å². The molecule has 0 aromatic carbocycles. The van der Waals surface area contributed by atoms with Crippen LogP contribution in [0.3, 0.4) is 0 Å². The van der Waals surface area contributed by atoms with Gasteiger partial charge in [0.2, 0.25) is 0 Å². The van der Waals surface area contributed by atoms with Crippen LogP contribution >= 0.6 is 0 Å². The first kappa shape index (κ1) is 10.2. The van der Waals surface area contributed by atoms with Gasteiger partial charge in [-0.2, -0.15) is 8.78 Å².